The van der Waals surface area contributed by atoms with Crippen molar-refractivity contribution < 1.29 is 0 Å². The van der Waals surface area contributed by atoms with Crippen molar-refractivity contribution in [1.29, 1.82) is 0 Å². The fourth-order valence-electron chi connectivity index (χ4n) is 1.33. The molecule has 0 atom stereocenters. The Hall–Kier alpha value is 0.0500. The standard InChI is InChI=1S/C10H15N3S2.HI/c1-2-9(15-6-1)8-14-7-5-13-10-11-3-4-12-10;/h1-2,6H,3-5,7-8H2,(H2,11,12,13);1H. The van der Waals surface area contributed by atoms with E-state index >= 15 is 0 Å². The lowest BCUT2D eigenvalue weighted by Gasteiger charge is -2.05. The van der Waals surface area contributed by atoms with Crippen molar-refractivity contribution in [1.82, 2.24) is 10.6 Å². The van der Waals surface area contributed by atoms with Crippen LogP contribution in [0.25, 0.3) is 0 Å². The smallest absolute Gasteiger partial charge is 0.191 e. The molecule has 6 heteroatoms. The number of hydrogen-bond acceptors (Lipinski definition) is 5. The van der Waals surface area contributed by atoms with Crippen LogP contribution in [0.4, 0.5) is 0 Å². The molecule has 3 nitrogen and oxygen atoms in total. The predicted molar refractivity (Wildman–Crippen MR) is 84.2 cm³/mol. The summed E-state index contributed by atoms with van der Waals surface area (Å²) in [6, 6.07) is 4.30. The molecule has 0 unspecified atom stereocenters. The molecule has 1 aliphatic heterocycles. The average molecular weight is 369 g/mol. The van der Waals surface area contributed by atoms with Gasteiger partial charge in [-0.25, -0.2) is 0 Å². The molecule has 90 valence electrons. The molecule has 0 spiro atoms. The number of rotatable bonds is 5. The number of aliphatic imine (C=N–C) groups is 1. The van der Waals surface area contributed by atoms with Crippen molar-refractivity contribution in [2.45, 2.75) is 5.75 Å². The lowest BCUT2D eigenvalue weighted by Crippen LogP contribution is -2.35. The number of thioether (sulfide) groups is 1. The number of nitrogens with one attached hydrogen (secondary N) is 2. The van der Waals surface area contributed by atoms with Crippen molar-refractivity contribution in [2.75, 3.05) is 25.4 Å². The minimum absolute atomic E-state index is 0. The lowest BCUT2D eigenvalue weighted by molar-refractivity contribution is 0.903. The zero-order valence-corrected chi connectivity index (χ0v) is 12.9. The van der Waals surface area contributed by atoms with Crippen LogP contribution in [-0.2, 0) is 5.75 Å². The maximum atomic E-state index is 4.27. The van der Waals surface area contributed by atoms with Gasteiger partial charge in [0.05, 0.1) is 6.54 Å². The van der Waals surface area contributed by atoms with Gasteiger partial charge in [0.25, 0.3) is 0 Å². The summed E-state index contributed by atoms with van der Waals surface area (Å²) in [5.74, 6) is 3.21. The molecule has 0 radical (unpaired) electrons. The van der Waals surface area contributed by atoms with Crippen LogP contribution in [0.1, 0.15) is 4.88 Å². The Balaban J connectivity index is 0.00000128. The molecule has 1 aromatic rings. The first-order chi connectivity index (χ1) is 7.45. The second kappa shape index (κ2) is 8.19. The van der Waals surface area contributed by atoms with E-state index in [0.717, 1.165) is 37.1 Å². The normalized spacial score (nSPS) is 13.9. The molecule has 0 bridgehead atoms. The Morgan fingerprint density at radius 2 is 2.50 bits per heavy atom. The molecule has 0 aromatic carbocycles. The molecule has 0 amide bonds. The van der Waals surface area contributed by atoms with Gasteiger partial charge in [-0.1, -0.05) is 6.07 Å². The van der Waals surface area contributed by atoms with E-state index < -0.39 is 0 Å². The van der Waals surface area contributed by atoms with E-state index in [0.29, 0.717) is 0 Å². The molecule has 0 saturated heterocycles. The molecular weight excluding hydrogens is 353 g/mol. The highest BCUT2D eigenvalue weighted by Gasteiger charge is 2.02. The van der Waals surface area contributed by atoms with E-state index in [1.807, 2.05) is 23.1 Å². The van der Waals surface area contributed by atoms with Crippen molar-refractivity contribution in [3.05, 3.63) is 22.4 Å². The molecule has 0 fully saturated rings. The van der Waals surface area contributed by atoms with Gasteiger partial charge in [0.15, 0.2) is 5.96 Å². The lowest BCUT2D eigenvalue weighted by atomic mass is 10.5. The molecule has 2 heterocycles. The third kappa shape index (κ3) is 4.92. The van der Waals surface area contributed by atoms with Gasteiger partial charge in [-0.15, -0.1) is 35.3 Å². The number of halogens is 1. The highest BCUT2D eigenvalue weighted by atomic mass is 127. The zero-order valence-electron chi connectivity index (χ0n) is 8.94. The molecule has 0 aliphatic carbocycles. The Kier molecular flexibility index (Phi) is 7.22. The van der Waals surface area contributed by atoms with Crippen LogP contribution in [-0.4, -0.2) is 31.3 Å². The minimum atomic E-state index is 0. The second-order valence-corrected chi connectivity index (χ2v) is 5.35. The third-order valence-electron chi connectivity index (χ3n) is 2.04. The maximum absolute atomic E-state index is 4.27. The Morgan fingerprint density at radius 3 is 3.19 bits per heavy atom. The van der Waals surface area contributed by atoms with Crippen LogP contribution in [0.5, 0.6) is 0 Å². The van der Waals surface area contributed by atoms with Gasteiger partial charge in [0.2, 0.25) is 0 Å². The average Bonchev–Trinajstić information content (AvgIpc) is 2.88. The van der Waals surface area contributed by atoms with E-state index in [9.17, 15) is 0 Å². The summed E-state index contributed by atoms with van der Waals surface area (Å²) in [4.78, 5) is 5.73. The maximum Gasteiger partial charge on any atom is 0.191 e. The predicted octanol–water partition coefficient (Wildman–Crippen LogP) is 2.15. The van der Waals surface area contributed by atoms with Crippen LogP contribution in [0.3, 0.4) is 0 Å². The molecular formula is C10H16IN3S2. The van der Waals surface area contributed by atoms with Crippen LogP contribution in [0.2, 0.25) is 0 Å². The van der Waals surface area contributed by atoms with Crippen LogP contribution < -0.4 is 10.6 Å². The van der Waals surface area contributed by atoms with Gasteiger partial charge in [-0.3, -0.25) is 4.99 Å². The summed E-state index contributed by atoms with van der Waals surface area (Å²) in [6.45, 7) is 2.87. The van der Waals surface area contributed by atoms with Crippen LogP contribution >= 0.6 is 47.1 Å². The first-order valence-corrected chi connectivity index (χ1v) is 7.11. The highest BCUT2D eigenvalue weighted by Crippen LogP contribution is 2.16. The zero-order chi connectivity index (χ0) is 10.3. The van der Waals surface area contributed by atoms with Gasteiger partial charge < -0.3 is 10.6 Å². The van der Waals surface area contributed by atoms with Gasteiger partial charge >= 0.3 is 0 Å². The van der Waals surface area contributed by atoms with Crippen molar-refractivity contribution in [3.8, 4) is 0 Å². The van der Waals surface area contributed by atoms with E-state index in [2.05, 4.69) is 33.1 Å². The Morgan fingerprint density at radius 1 is 1.56 bits per heavy atom. The van der Waals surface area contributed by atoms with E-state index in [1.165, 1.54) is 4.88 Å². The monoisotopic (exact) mass is 369 g/mol. The van der Waals surface area contributed by atoms with Gasteiger partial charge in [-0.05, 0) is 11.4 Å². The topological polar surface area (TPSA) is 36.4 Å². The largest absolute Gasteiger partial charge is 0.356 e. The number of hydrogen-bond donors (Lipinski definition) is 2. The van der Waals surface area contributed by atoms with Crippen LogP contribution in [0, 0.1) is 0 Å². The van der Waals surface area contributed by atoms with E-state index in [4.69, 9.17) is 0 Å². The summed E-state index contributed by atoms with van der Waals surface area (Å²) < 4.78 is 0. The number of nitrogens with zero attached hydrogens (tertiary/aromatic N) is 1. The molecule has 2 N–H and O–H groups in total. The minimum Gasteiger partial charge on any atom is -0.356 e. The molecule has 2 rings (SSSR count). The summed E-state index contributed by atoms with van der Waals surface area (Å²) in [6.07, 6.45) is 0. The third-order valence-corrected chi connectivity index (χ3v) is 4.10. The fourth-order valence-corrected chi connectivity index (χ4v) is 3.02. The van der Waals surface area contributed by atoms with Crippen LogP contribution in [0.15, 0.2) is 22.5 Å². The number of guanidine groups is 1. The summed E-state index contributed by atoms with van der Waals surface area (Å²) in [5, 5.41) is 8.61. The number of thiophene rings is 1. The molecule has 1 aromatic heterocycles. The van der Waals surface area contributed by atoms with Crippen molar-refractivity contribution in [3.63, 3.8) is 0 Å². The van der Waals surface area contributed by atoms with Gasteiger partial charge in [0.1, 0.15) is 0 Å². The SMILES string of the molecule is I.c1csc(CSCCNC2=NCCN2)c1. The van der Waals surface area contributed by atoms with Crippen molar-refractivity contribution in [2.24, 2.45) is 4.99 Å². The summed E-state index contributed by atoms with van der Waals surface area (Å²) >= 11 is 3.79. The van der Waals surface area contributed by atoms with Crippen molar-refractivity contribution >= 4 is 53.0 Å². The molecule has 1 aliphatic rings. The molecule has 16 heavy (non-hydrogen) atoms. The fraction of sp³-hybridized carbons (Fsp3) is 0.500. The van der Waals surface area contributed by atoms with Gasteiger partial charge in [0, 0.05) is 29.5 Å². The second-order valence-electron chi connectivity index (χ2n) is 3.22. The Labute approximate surface area is 122 Å². The van der Waals surface area contributed by atoms with E-state index in [-0.39, 0.29) is 24.0 Å². The van der Waals surface area contributed by atoms with E-state index in [1.54, 1.807) is 0 Å². The summed E-state index contributed by atoms with van der Waals surface area (Å²) in [7, 11) is 0. The Bertz CT molecular complexity index is 314. The first kappa shape index (κ1) is 14.1. The quantitative estimate of drug-likeness (QED) is 0.617. The summed E-state index contributed by atoms with van der Waals surface area (Å²) in [5.41, 5.74) is 0. The first-order valence-electron chi connectivity index (χ1n) is 5.07. The highest BCUT2D eigenvalue weighted by molar-refractivity contribution is 14.0. The van der Waals surface area contributed by atoms with Gasteiger partial charge in [-0.2, -0.15) is 11.8 Å². The molecule has 0 saturated carbocycles.